The second-order valence-electron chi connectivity index (χ2n) is 5.20. The molecule has 1 aliphatic rings. The van der Waals surface area contributed by atoms with E-state index in [9.17, 15) is 18.5 Å². The molecular weight excluding hydrogens is 382 g/mol. The summed E-state index contributed by atoms with van der Waals surface area (Å²) in [6.07, 6.45) is 2.89. The van der Waals surface area contributed by atoms with Gasteiger partial charge in [-0.15, -0.1) is 0 Å². The average Bonchev–Trinajstić information content (AvgIpc) is 3.12. The van der Waals surface area contributed by atoms with Crippen molar-refractivity contribution in [3.63, 3.8) is 0 Å². The first-order chi connectivity index (χ1) is 12.5. The Balaban J connectivity index is 1.63. The van der Waals surface area contributed by atoms with Crippen LogP contribution in [0, 0.1) is 10.1 Å². The molecule has 1 fully saturated rings. The molecule has 0 aromatic carbocycles. The predicted octanol–water partition coefficient (Wildman–Crippen LogP) is 2.37. The highest BCUT2D eigenvalue weighted by Gasteiger charge is 2.26. The molecule has 26 heavy (non-hydrogen) atoms. The van der Waals surface area contributed by atoms with Gasteiger partial charge in [-0.3, -0.25) is 10.1 Å². The molecule has 11 heteroatoms. The standard InChI is InChI=1S/C15H15N3O6S2/c19-18(20)15-4-1-12(24-15)5-10-25-14-3-2-13(11-16-14)26(21,22)17-6-8-23-9-7-17/h1-5,10-11H,6-9H2/b10-5+. The third kappa shape index (κ3) is 4.30. The lowest BCUT2D eigenvalue weighted by molar-refractivity contribution is -0.402. The maximum Gasteiger partial charge on any atom is 0.433 e. The van der Waals surface area contributed by atoms with Gasteiger partial charge in [0.15, 0.2) is 0 Å². The normalized spacial score (nSPS) is 16.2. The highest BCUT2D eigenvalue weighted by molar-refractivity contribution is 8.02. The fourth-order valence-electron chi connectivity index (χ4n) is 2.23. The summed E-state index contributed by atoms with van der Waals surface area (Å²) in [7, 11) is -3.56. The van der Waals surface area contributed by atoms with Crippen molar-refractivity contribution in [3.8, 4) is 0 Å². The van der Waals surface area contributed by atoms with E-state index in [1.165, 1.54) is 40.5 Å². The van der Waals surface area contributed by atoms with Crippen LogP contribution in [0.3, 0.4) is 0 Å². The molecule has 2 aromatic rings. The molecule has 1 aliphatic heterocycles. The van der Waals surface area contributed by atoms with Crippen molar-refractivity contribution >= 4 is 33.7 Å². The third-order valence-corrected chi connectivity index (χ3v) is 6.17. The van der Waals surface area contributed by atoms with Gasteiger partial charge in [0, 0.05) is 19.3 Å². The zero-order chi connectivity index (χ0) is 18.6. The van der Waals surface area contributed by atoms with E-state index in [2.05, 4.69) is 4.98 Å². The van der Waals surface area contributed by atoms with E-state index < -0.39 is 14.9 Å². The van der Waals surface area contributed by atoms with E-state index in [-0.39, 0.29) is 10.8 Å². The number of furan rings is 1. The Kier molecular flexibility index (Phi) is 5.71. The monoisotopic (exact) mass is 397 g/mol. The van der Waals surface area contributed by atoms with Gasteiger partial charge >= 0.3 is 5.88 Å². The van der Waals surface area contributed by atoms with Crippen molar-refractivity contribution in [2.24, 2.45) is 0 Å². The topological polar surface area (TPSA) is 116 Å². The van der Waals surface area contributed by atoms with E-state index >= 15 is 0 Å². The smallest absolute Gasteiger partial charge is 0.401 e. The Morgan fingerprint density at radius 2 is 2.00 bits per heavy atom. The number of rotatable bonds is 6. The lowest BCUT2D eigenvalue weighted by atomic mass is 10.4. The van der Waals surface area contributed by atoms with Crippen LogP contribution >= 0.6 is 11.8 Å². The quantitative estimate of drug-likeness (QED) is 0.414. The van der Waals surface area contributed by atoms with Crippen LogP contribution in [0.5, 0.6) is 0 Å². The summed E-state index contributed by atoms with van der Waals surface area (Å²) in [5.74, 6) is 0.0150. The van der Waals surface area contributed by atoms with E-state index in [0.29, 0.717) is 37.1 Å². The Labute approximate surface area is 153 Å². The molecular formula is C15H15N3O6S2. The zero-order valence-electron chi connectivity index (χ0n) is 13.5. The van der Waals surface area contributed by atoms with Crippen LogP contribution < -0.4 is 0 Å². The molecule has 2 aromatic heterocycles. The van der Waals surface area contributed by atoms with Gasteiger partial charge in [-0.05, 0) is 29.7 Å². The molecule has 3 rings (SSSR count). The first kappa shape index (κ1) is 18.6. The molecule has 9 nitrogen and oxygen atoms in total. The second kappa shape index (κ2) is 7.99. The minimum atomic E-state index is -3.56. The van der Waals surface area contributed by atoms with Crippen molar-refractivity contribution in [1.82, 2.24) is 9.29 Å². The molecule has 0 radical (unpaired) electrons. The number of aromatic nitrogens is 1. The van der Waals surface area contributed by atoms with Gasteiger partial charge in [0.2, 0.25) is 10.0 Å². The van der Waals surface area contributed by atoms with Gasteiger partial charge in [-0.2, -0.15) is 4.31 Å². The van der Waals surface area contributed by atoms with Crippen molar-refractivity contribution in [2.75, 3.05) is 26.3 Å². The number of thioether (sulfide) groups is 1. The Bertz CT molecular complexity index is 902. The molecule has 0 bridgehead atoms. The van der Waals surface area contributed by atoms with E-state index in [0.717, 1.165) is 0 Å². The number of sulfonamides is 1. The molecule has 0 atom stereocenters. The van der Waals surface area contributed by atoms with Crippen LogP contribution in [0.4, 0.5) is 5.88 Å². The largest absolute Gasteiger partial charge is 0.433 e. The van der Waals surface area contributed by atoms with Gasteiger partial charge in [0.25, 0.3) is 0 Å². The highest BCUT2D eigenvalue weighted by Crippen LogP contribution is 2.23. The van der Waals surface area contributed by atoms with Crippen molar-refractivity contribution in [1.29, 1.82) is 0 Å². The fraction of sp³-hybridized carbons (Fsp3) is 0.267. The molecule has 0 aliphatic carbocycles. The number of morpholine rings is 1. The van der Waals surface area contributed by atoms with Crippen LogP contribution in [0.2, 0.25) is 0 Å². The van der Waals surface area contributed by atoms with Crippen molar-refractivity contribution in [3.05, 3.63) is 51.7 Å². The van der Waals surface area contributed by atoms with Gasteiger partial charge < -0.3 is 9.15 Å². The average molecular weight is 397 g/mol. The van der Waals surface area contributed by atoms with Crippen LogP contribution in [0.15, 0.2) is 50.2 Å². The number of hydrogen-bond acceptors (Lipinski definition) is 8. The maximum atomic E-state index is 12.5. The third-order valence-electron chi connectivity index (χ3n) is 3.53. The second-order valence-corrected chi connectivity index (χ2v) is 8.07. The molecule has 0 N–H and O–H groups in total. The molecule has 0 amide bonds. The molecule has 0 saturated carbocycles. The Morgan fingerprint density at radius 3 is 2.62 bits per heavy atom. The number of ether oxygens (including phenoxy) is 1. The lowest BCUT2D eigenvalue weighted by Crippen LogP contribution is -2.40. The van der Waals surface area contributed by atoms with Crippen molar-refractivity contribution < 1.29 is 22.5 Å². The number of nitrogens with zero attached hydrogens (tertiary/aromatic N) is 3. The van der Waals surface area contributed by atoms with Gasteiger partial charge in [-0.1, -0.05) is 11.8 Å². The van der Waals surface area contributed by atoms with E-state index in [1.807, 2.05) is 0 Å². The van der Waals surface area contributed by atoms with Gasteiger partial charge in [0.05, 0.1) is 19.3 Å². The highest BCUT2D eigenvalue weighted by atomic mass is 32.2. The van der Waals surface area contributed by atoms with Crippen LogP contribution in [-0.4, -0.2) is 48.9 Å². The van der Waals surface area contributed by atoms with Crippen molar-refractivity contribution in [2.45, 2.75) is 9.92 Å². The molecule has 3 heterocycles. The Morgan fingerprint density at radius 1 is 1.23 bits per heavy atom. The number of hydrogen-bond donors (Lipinski definition) is 0. The summed E-state index contributed by atoms with van der Waals surface area (Å²) in [4.78, 5) is 14.2. The van der Waals surface area contributed by atoms with Crippen LogP contribution in [-0.2, 0) is 14.8 Å². The summed E-state index contributed by atoms with van der Waals surface area (Å²) >= 11 is 1.24. The molecule has 0 unspecified atom stereocenters. The number of pyridine rings is 1. The molecule has 1 saturated heterocycles. The fourth-order valence-corrected chi connectivity index (χ4v) is 4.18. The first-order valence-corrected chi connectivity index (χ1v) is 9.90. The molecule has 138 valence electrons. The summed E-state index contributed by atoms with van der Waals surface area (Å²) in [6, 6.07) is 5.87. The minimum absolute atomic E-state index is 0.134. The summed E-state index contributed by atoms with van der Waals surface area (Å²) < 4.78 is 36.5. The van der Waals surface area contributed by atoms with E-state index in [1.54, 1.807) is 17.6 Å². The number of nitro groups is 1. The minimum Gasteiger partial charge on any atom is -0.401 e. The van der Waals surface area contributed by atoms with Crippen LogP contribution in [0.1, 0.15) is 5.76 Å². The van der Waals surface area contributed by atoms with Crippen LogP contribution in [0.25, 0.3) is 6.08 Å². The van der Waals surface area contributed by atoms with Gasteiger partial charge in [0.1, 0.15) is 20.6 Å². The maximum absolute atomic E-state index is 12.5. The lowest BCUT2D eigenvalue weighted by Gasteiger charge is -2.25. The predicted molar refractivity (Wildman–Crippen MR) is 94.1 cm³/mol. The summed E-state index contributed by atoms with van der Waals surface area (Å²) in [5, 5.41) is 12.8. The summed E-state index contributed by atoms with van der Waals surface area (Å²) in [6.45, 7) is 1.43. The Hall–Kier alpha value is -2.21. The molecule has 0 spiro atoms. The van der Waals surface area contributed by atoms with E-state index in [4.69, 9.17) is 9.15 Å². The summed E-state index contributed by atoms with van der Waals surface area (Å²) in [5.41, 5.74) is 0. The zero-order valence-corrected chi connectivity index (χ0v) is 15.1. The van der Waals surface area contributed by atoms with Gasteiger partial charge in [-0.25, -0.2) is 13.4 Å². The first-order valence-electron chi connectivity index (χ1n) is 7.58. The SMILES string of the molecule is O=[N+]([O-])c1ccc(/C=C/Sc2ccc(S(=O)(=O)N3CCOCC3)cn2)o1.